The van der Waals surface area contributed by atoms with Gasteiger partial charge in [0.25, 0.3) is 0 Å². The molecule has 0 atom stereocenters. The van der Waals surface area contributed by atoms with Gasteiger partial charge in [0.1, 0.15) is 37.1 Å². The number of hydrogen-bond donors (Lipinski definition) is 2. The number of anilines is 1. The number of nitrogens with zero attached hydrogens (tertiary/aromatic N) is 1. The molecule has 6 nitrogen and oxygen atoms in total. The first-order valence-corrected chi connectivity index (χ1v) is 9.70. The van der Waals surface area contributed by atoms with E-state index in [1.165, 1.54) is 0 Å². The van der Waals surface area contributed by atoms with E-state index in [9.17, 15) is 0 Å². The van der Waals surface area contributed by atoms with Crippen molar-refractivity contribution in [1.82, 2.24) is 10.2 Å². The fourth-order valence-corrected chi connectivity index (χ4v) is 2.93. The third kappa shape index (κ3) is 5.32. The van der Waals surface area contributed by atoms with Crippen LogP contribution in [-0.2, 0) is 6.61 Å². The van der Waals surface area contributed by atoms with E-state index in [-0.39, 0.29) is 0 Å². The summed E-state index contributed by atoms with van der Waals surface area (Å²) >= 11 is 0. The number of nitrogen functional groups attached to an aromatic ring is 1. The molecule has 3 N–H and O–H groups in total. The van der Waals surface area contributed by atoms with Gasteiger partial charge in [-0.2, -0.15) is 5.10 Å². The highest BCUT2D eigenvalue weighted by Gasteiger charge is 2.07. The summed E-state index contributed by atoms with van der Waals surface area (Å²) < 4.78 is 17.2. The Labute approximate surface area is 175 Å². The minimum Gasteiger partial charge on any atom is -0.490 e. The smallest absolute Gasteiger partial charge is 0.130 e. The van der Waals surface area contributed by atoms with Gasteiger partial charge >= 0.3 is 0 Å². The zero-order valence-corrected chi connectivity index (χ0v) is 16.5. The standard InChI is InChI=1S/C24H23N3O3/c25-19-7-5-11-23(15-19)30-17-20-16-24(27-26-20)18-6-4-10-22(14-18)29-13-12-28-21-8-2-1-3-9-21/h1-11,14-16H,12-13,17,25H2,(H,26,27). The summed E-state index contributed by atoms with van der Waals surface area (Å²) in [6.07, 6.45) is 0. The van der Waals surface area contributed by atoms with Gasteiger partial charge in [0.15, 0.2) is 0 Å². The molecule has 0 aliphatic heterocycles. The van der Waals surface area contributed by atoms with Crippen LogP contribution in [0.1, 0.15) is 5.69 Å². The van der Waals surface area contributed by atoms with E-state index in [0.717, 1.165) is 34.2 Å². The molecular weight excluding hydrogens is 378 g/mol. The topological polar surface area (TPSA) is 82.4 Å². The van der Waals surface area contributed by atoms with Gasteiger partial charge in [-0.05, 0) is 42.5 Å². The first kappa shape index (κ1) is 19.4. The minimum atomic E-state index is 0.378. The number of aromatic amines is 1. The van der Waals surface area contributed by atoms with E-state index in [0.29, 0.717) is 25.5 Å². The summed E-state index contributed by atoms with van der Waals surface area (Å²) in [5.74, 6) is 2.32. The zero-order valence-electron chi connectivity index (χ0n) is 16.5. The molecule has 152 valence electrons. The maximum absolute atomic E-state index is 5.81. The van der Waals surface area contributed by atoms with Gasteiger partial charge in [-0.15, -0.1) is 0 Å². The lowest BCUT2D eigenvalue weighted by Gasteiger charge is -2.09. The molecule has 4 rings (SSSR count). The SMILES string of the molecule is Nc1cccc(OCc2cc(-c3cccc(OCCOc4ccccc4)c3)n[nH]2)c1. The van der Waals surface area contributed by atoms with Crippen LogP contribution in [0.15, 0.2) is 84.9 Å². The Morgan fingerprint density at radius 1 is 0.700 bits per heavy atom. The van der Waals surface area contributed by atoms with Crippen molar-refractivity contribution in [3.8, 4) is 28.5 Å². The van der Waals surface area contributed by atoms with Crippen LogP contribution in [0.4, 0.5) is 5.69 Å². The highest BCUT2D eigenvalue weighted by Crippen LogP contribution is 2.23. The molecule has 6 heteroatoms. The summed E-state index contributed by atoms with van der Waals surface area (Å²) in [5.41, 5.74) is 9.10. The number of H-pyrrole nitrogens is 1. The summed E-state index contributed by atoms with van der Waals surface area (Å²) in [6, 6.07) is 26.8. The molecule has 0 fully saturated rings. The Morgan fingerprint density at radius 3 is 2.20 bits per heavy atom. The summed E-state index contributed by atoms with van der Waals surface area (Å²) in [5, 5.41) is 7.40. The number of nitrogens with one attached hydrogen (secondary N) is 1. The van der Waals surface area contributed by atoms with E-state index >= 15 is 0 Å². The van der Waals surface area contributed by atoms with E-state index in [1.54, 1.807) is 6.07 Å². The number of rotatable bonds is 9. The zero-order chi connectivity index (χ0) is 20.6. The number of ether oxygens (including phenoxy) is 3. The third-order valence-corrected chi connectivity index (χ3v) is 4.38. The Balaban J connectivity index is 1.31. The van der Waals surface area contributed by atoms with Crippen LogP contribution < -0.4 is 19.9 Å². The van der Waals surface area contributed by atoms with E-state index in [1.807, 2.05) is 78.9 Å². The molecule has 0 radical (unpaired) electrons. The largest absolute Gasteiger partial charge is 0.490 e. The van der Waals surface area contributed by atoms with Crippen LogP contribution in [0.5, 0.6) is 17.2 Å². The van der Waals surface area contributed by atoms with Crippen molar-refractivity contribution in [2.24, 2.45) is 0 Å². The lowest BCUT2D eigenvalue weighted by Crippen LogP contribution is -2.08. The number of aromatic nitrogens is 2. The van der Waals surface area contributed by atoms with Crippen molar-refractivity contribution in [1.29, 1.82) is 0 Å². The first-order chi connectivity index (χ1) is 14.8. The maximum atomic E-state index is 5.81. The molecular formula is C24H23N3O3. The van der Waals surface area contributed by atoms with Crippen LogP contribution in [0, 0.1) is 0 Å². The van der Waals surface area contributed by atoms with Crippen LogP contribution >= 0.6 is 0 Å². The molecule has 3 aromatic carbocycles. The van der Waals surface area contributed by atoms with Crippen molar-refractivity contribution < 1.29 is 14.2 Å². The molecule has 0 saturated carbocycles. The molecule has 4 aromatic rings. The van der Waals surface area contributed by atoms with Crippen LogP contribution in [0.3, 0.4) is 0 Å². The third-order valence-electron chi connectivity index (χ3n) is 4.38. The molecule has 0 saturated heterocycles. The van der Waals surface area contributed by atoms with Crippen molar-refractivity contribution in [3.63, 3.8) is 0 Å². The normalized spacial score (nSPS) is 10.5. The molecule has 0 unspecified atom stereocenters. The van der Waals surface area contributed by atoms with Gasteiger partial charge in [0, 0.05) is 17.3 Å². The van der Waals surface area contributed by atoms with Gasteiger partial charge in [-0.1, -0.05) is 36.4 Å². The molecule has 0 aliphatic carbocycles. The summed E-state index contributed by atoms with van der Waals surface area (Å²) in [6.45, 7) is 1.31. The monoisotopic (exact) mass is 401 g/mol. The highest BCUT2D eigenvalue weighted by atomic mass is 16.5. The van der Waals surface area contributed by atoms with E-state index < -0.39 is 0 Å². The maximum Gasteiger partial charge on any atom is 0.130 e. The number of hydrogen-bond acceptors (Lipinski definition) is 5. The Morgan fingerprint density at radius 2 is 1.40 bits per heavy atom. The highest BCUT2D eigenvalue weighted by molar-refractivity contribution is 5.61. The van der Waals surface area contributed by atoms with Crippen molar-refractivity contribution in [2.45, 2.75) is 6.61 Å². The fraction of sp³-hybridized carbons (Fsp3) is 0.125. The quantitative estimate of drug-likeness (QED) is 0.314. The minimum absolute atomic E-state index is 0.378. The van der Waals surface area contributed by atoms with Gasteiger partial charge in [-0.3, -0.25) is 5.10 Å². The predicted octanol–water partition coefficient (Wildman–Crippen LogP) is 4.70. The van der Waals surface area contributed by atoms with Gasteiger partial charge in [-0.25, -0.2) is 0 Å². The van der Waals surface area contributed by atoms with Gasteiger partial charge in [0.2, 0.25) is 0 Å². The number of para-hydroxylation sites is 1. The molecule has 1 heterocycles. The van der Waals surface area contributed by atoms with Gasteiger partial charge < -0.3 is 19.9 Å². The second kappa shape index (κ2) is 9.52. The Kier molecular flexibility index (Phi) is 6.15. The second-order valence-corrected chi connectivity index (χ2v) is 6.68. The average molecular weight is 401 g/mol. The van der Waals surface area contributed by atoms with Crippen LogP contribution in [-0.4, -0.2) is 23.4 Å². The lowest BCUT2D eigenvalue weighted by molar-refractivity contribution is 0.217. The average Bonchev–Trinajstić information content (AvgIpc) is 3.26. The van der Waals surface area contributed by atoms with Crippen molar-refractivity contribution in [2.75, 3.05) is 18.9 Å². The lowest BCUT2D eigenvalue weighted by atomic mass is 10.1. The molecule has 1 aromatic heterocycles. The Hall–Kier alpha value is -3.93. The first-order valence-electron chi connectivity index (χ1n) is 9.70. The molecule has 0 aliphatic rings. The second-order valence-electron chi connectivity index (χ2n) is 6.68. The predicted molar refractivity (Wildman–Crippen MR) is 117 cm³/mol. The van der Waals surface area contributed by atoms with Crippen LogP contribution in [0.2, 0.25) is 0 Å². The van der Waals surface area contributed by atoms with Crippen molar-refractivity contribution in [3.05, 3.63) is 90.6 Å². The summed E-state index contributed by atoms with van der Waals surface area (Å²) in [7, 11) is 0. The van der Waals surface area contributed by atoms with Crippen LogP contribution in [0.25, 0.3) is 11.3 Å². The Bertz CT molecular complexity index is 1080. The molecule has 0 bridgehead atoms. The number of nitrogens with two attached hydrogens (primary N) is 1. The summed E-state index contributed by atoms with van der Waals surface area (Å²) in [4.78, 5) is 0. The van der Waals surface area contributed by atoms with E-state index in [2.05, 4.69) is 10.2 Å². The molecule has 0 amide bonds. The number of benzene rings is 3. The molecule has 0 spiro atoms. The van der Waals surface area contributed by atoms with Gasteiger partial charge in [0.05, 0.1) is 11.4 Å². The molecule has 30 heavy (non-hydrogen) atoms. The van der Waals surface area contributed by atoms with Crippen molar-refractivity contribution >= 4 is 5.69 Å². The van der Waals surface area contributed by atoms with E-state index in [4.69, 9.17) is 19.9 Å². The fourth-order valence-electron chi connectivity index (χ4n) is 2.93.